The van der Waals surface area contributed by atoms with E-state index in [0.29, 0.717) is 18.0 Å². The van der Waals surface area contributed by atoms with Crippen molar-refractivity contribution in [3.05, 3.63) is 24.0 Å². The van der Waals surface area contributed by atoms with E-state index in [-0.39, 0.29) is 17.8 Å². The second kappa shape index (κ2) is 7.70. The van der Waals surface area contributed by atoms with Gasteiger partial charge in [-0.05, 0) is 37.8 Å². The molecule has 1 fully saturated rings. The zero-order chi connectivity index (χ0) is 14.4. The van der Waals surface area contributed by atoms with Crippen LogP contribution in [0.1, 0.15) is 32.1 Å². The van der Waals surface area contributed by atoms with E-state index in [2.05, 4.69) is 5.32 Å². The molecule has 3 nitrogen and oxygen atoms in total. The molecule has 0 radical (unpaired) electrons. The molecular formula is C15H21ClFNO2. The molecule has 0 spiro atoms. The standard InChI is InChI=1S/C15H21ClFNO2/c16-9-12(19)10-18-11-6-7-15(14(17)8-11)20-13-4-2-1-3-5-13/h6-8,12-13,18-19H,1-5,9-10H2. The number of nitrogens with one attached hydrogen (secondary N) is 1. The Morgan fingerprint density at radius 2 is 2.10 bits per heavy atom. The molecule has 1 aromatic carbocycles. The predicted molar refractivity (Wildman–Crippen MR) is 79.1 cm³/mol. The maximum atomic E-state index is 14.0. The number of alkyl halides is 1. The molecule has 2 rings (SSSR count). The summed E-state index contributed by atoms with van der Waals surface area (Å²) in [5.41, 5.74) is 0.614. The van der Waals surface area contributed by atoms with Gasteiger partial charge in [0.1, 0.15) is 0 Å². The van der Waals surface area contributed by atoms with Crippen LogP contribution in [0.5, 0.6) is 5.75 Å². The molecule has 0 bridgehead atoms. The summed E-state index contributed by atoms with van der Waals surface area (Å²) in [4.78, 5) is 0. The van der Waals surface area contributed by atoms with Crippen molar-refractivity contribution in [2.24, 2.45) is 0 Å². The SMILES string of the molecule is OC(CCl)CNc1ccc(OC2CCCCC2)c(F)c1. The predicted octanol–water partition coefficient (Wildman–Crippen LogP) is 3.55. The number of aliphatic hydroxyl groups excluding tert-OH is 1. The van der Waals surface area contributed by atoms with Gasteiger partial charge < -0.3 is 15.2 Å². The summed E-state index contributed by atoms with van der Waals surface area (Å²) in [7, 11) is 0. The van der Waals surface area contributed by atoms with Gasteiger partial charge in [-0.3, -0.25) is 0 Å². The summed E-state index contributed by atoms with van der Waals surface area (Å²) < 4.78 is 19.7. The highest BCUT2D eigenvalue weighted by Crippen LogP contribution is 2.27. The van der Waals surface area contributed by atoms with E-state index in [1.54, 1.807) is 12.1 Å². The van der Waals surface area contributed by atoms with E-state index in [0.717, 1.165) is 25.7 Å². The lowest BCUT2D eigenvalue weighted by molar-refractivity contribution is 0.149. The molecule has 2 N–H and O–H groups in total. The van der Waals surface area contributed by atoms with Crippen LogP contribution in [0.15, 0.2) is 18.2 Å². The van der Waals surface area contributed by atoms with E-state index in [1.165, 1.54) is 12.5 Å². The van der Waals surface area contributed by atoms with Crippen LogP contribution in [0.2, 0.25) is 0 Å². The normalized spacial score (nSPS) is 17.8. The minimum Gasteiger partial charge on any atom is -0.487 e. The maximum absolute atomic E-state index is 14.0. The molecule has 0 saturated heterocycles. The Labute approximate surface area is 124 Å². The molecule has 1 aromatic rings. The number of anilines is 1. The van der Waals surface area contributed by atoms with Crippen molar-refractivity contribution in [2.75, 3.05) is 17.7 Å². The third-order valence-corrected chi connectivity index (χ3v) is 3.85. The van der Waals surface area contributed by atoms with Crippen molar-refractivity contribution in [3.63, 3.8) is 0 Å². The van der Waals surface area contributed by atoms with Gasteiger partial charge in [-0.15, -0.1) is 11.6 Å². The number of rotatable bonds is 6. The van der Waals surface area contributed by atoms with Gasteiger partial charge in [0.25, 0.3) is 0 Å². The number of hydrogen-bond donors (Lipinski definition) is 2. The Kier molecular flexibility index (Phi) is 5.92. The molecule has 5 heteroatoms. The molecule has 0 heterocycles. The van der Waals surface area contributed by atoms with Gasteiger partial charge >= 0.3 is 0 Å². The Balaban J connectivity index is 1.91. The number of halogens is 2. The minimum absolute atomic E-state index is 0.134. The lowest BCUT2D eigenvalue weighted by Gasteiger charge is -2.23. The van der Waals surface area contributed by atoms with E-state index in [9.17, 15) is 9.50 Å². The summed E-state index contributed by atoms with van der Waals surface area (Å²) in [5, 5.41) is 12.3. The van der Waals surface area contributed by atoms with Gasteiger partial charge in [-0.2, -0.15) is 0 Å². The summed E-state index contributed by atoms with van der Waals surface area (Å²) in [6, 6.07) is 4.78. The largest absolute Gasteiger partial charge is 0.487 e. The molecule has 1 aliphatic rings. The zero-order valence-electron chi connectivity index (χ0n) is 11.4. The molecular weight excluding hydrogens is 281 g/mol. The van der Waals surface area contributed by atoms with Crippen LogP contribution in [0, 0.1) is 5.82 Å². The van der Waals surface area contributed by atoms with Crippen LogP contribution in [0.25, 0.3) is 0 Å². The molecule has 1 atom stereocenters. The molecule has 20 heavy (non-hydrogen) atoms. The topological polar surface area (TPSA) is 41.5 Å². The van der Waals surface area contributed by atoms with E-state index in [4.69, 9.17) is 16.3 Å². The van der Waals surface area contributed by atoms with Gasteiger partial charge in [0.2, 0.25) is 0 Å². The average molecular weight is 302 g/mol. The Hall–Kier alpha value is -1.00. The first-order valence-electron chi connectivity index (χ1n) is 7.13. The van der Waals surface area contributed by atoms with Crippen molar-refractivity contribution in [3.8, 4) is 5.75 Å². The van der Waals surface area contributed by atoms with Gasteiger partial charge in [0.15, 0.2) is 11.6 Å². The summed E-state index contributed by atoms with van der Waals surface area (Å²) >= 11 is 5.50. The summed E-state index contributed by atoms with van der Waals surface area (Å²) in [6.45, 7) is 0.297. The highest BCUT2D eigenvalue weighted by molar-refractivity contribution is 6.18. The number of hydrogen-bond acceptors (Lipinski definition) is 3. The zero-order valence-corrected chi connectivity index (χ0v) is 12.2. The van der Waals surface area contributed by atoms with Crippen LogP contribution >= 0.6 is 11.6 Å². The average Bonchev–Trinajstić information content (AvgIpc) is 2.48. The van der Waals surface area contributed by atoms with E-state index < -0.39 is 6.10 Å². The van der Waals surface area contributed by atoms with Crippen molar-refractivity contribution < 1.29 is 14.2 Å². The lowest BCUT2D eigenvalue weighted by Crippen LogP contribution is -2.21. The monoisotopic (exact) mass is 301 g/mol. The molecule has 0 aliphatic heterocycles. The highest BCUT2D eigenvalue weighted by atomic mass is 35.5. The second-order valence-electron chi connectivity index (χ2n) is 5.21. The van der Waals surface area contributed by atoms with Crippen molar-refractivity contribution in [1.82, 2.24) is 0 Å². The fraction of sp³-hybridized carbons (Fsp3) is 0.600. The van der Waals surface area contributed by atoms with Gasteiger partial charge in [0, 0.05) is 18.3 Å². The smallest absolute Gasteiger partial charge is 0.167 e. The fourth-order valence-corrected chi connectivity index (χ4v) is 2.47. The molecule has 112 valence electrons. The molecule has 1 aliphatic carbocycles. The van der Waals surface area contributed by atoms with Crippen molar-refractivity contribution in [2.45, 2.75) is 44.3 Å². The van der Waals surface area contributed by atoms with Crippen LogP contribution in [0.4, 0.5) is 10.1 Å². The second-order valence-corrected chi connectivity index (χ2v) is 5.52. The lowest BCUT2D eigenvalue weighted by atomic mass is 9.98. The van der Waals surface area contributed by atoms with Gasteiger partial charge in [-0.1, -0.05) is 6.42 Å². The first-order valence-corrected chi connectivity index (χ1v) is 7.66. The molecule has 0 amide bonds. The third-order valence-electron chi connectivity index (χ3n) is 3.50. The molecule has 1 saturated carbocycles. The van der Waals surface area contributed by atoms with Gasteiger partial charge in [-0.25, -0.2) is 4.39 Å². The Morgan fingerprint density at radius 3 is 2.75 bits per heavy atom. The van der Waals surface area contributed by atoms with E-state index in [1.807, 2.05) is 0 Å². The summed E-state index contributed by atoms with van der Waals surface area (Å²) in [6.07, 6.45) is 5.05. The molecule has 1 unspecified atom stereocenters. The number of aliphatic hydroxyl groups is 1. The first-order chi connectivity index (χ1) is 9.69. The highest BCUT2D eigenvalue weighted by Gasteiger charge is 2.16. The van der Waals surface area contributed by atoms with Crippen LogP contribution in [-0.2, 0) is 0 Å². The van der Waals surface area contributed by atoms with Gasteiger partial charge in [0.05, 0.1) is 18.1 Å². The quantitative estimate of drug-likeness (QED) is 0.790. The first kappa shape index (κ1) is 15.4. The van der Waals surface area contributed by atoms with Crippen LogP contribution in [0.3, 0.4) is 0 Å². The summed E-state index contributed by atoms with van der Waals surface area (Å²) in [5.74, 6) is 0.0829. The Morgan fingerprint density at radius 1 is 1.35 bits per heavy atom. The van der Waals surface area contributed by atoms with Crippen LogP contribution in [-0.4, -0.2) is 29.7 Å². The maximum Gasteiger partial charge on any atom is 0.167 e. The Bertz CT molecular complexity index is 424. The number of benzene rings is 1. The number of ether oxygens (including phenoxy) is 1. The van der Waals surface area contributed by atoms with Crippen LogP contribution < -0.4 is 10.1 Å². The van der Waals surface area contributed by atoms with Crippen molar-refractivity contribution >= 4 is 17.3 Å². The minimum atomic E-state index is -0.641. The third kappa shape index (κ3) is 4.53. The fourth-order valence-electron chi connectivity index (χ4n) is 2.36. The van der Waals surface area contributed by atoms with Crippen molar-refractivity contribution in [1.29, 1.82) is 0 Å². The molecule has 0 aromatic heterocycles. The van der Waals surface area contributed by atoms with E-state index >= 15 is 0 Å².